The summed E-state index contributed by atoms with van der Waals surface area (Å²) in [6.07, 6.45) is 3.48. The number of amides is 1. The van der Waals surface area contributed by atoms with E-state index in [4.69, 9.17) is 11.6 Å². The van der Waals surface area contributed by atoms with Gasteiger partial charge in [-0.1, -0.05) is 29.9 Å². The zero-order valence-electron chi connectivity index (χ0n) is 7.13. The topological polar surface area (TPSA) is 42.0 Å². The molecule has 1 aromatic heterocycles. The summed E-state index contributed by atoms with van der Waals surface area (Å²) in [6, 6.07) is 0. The van der Waals surface area contributed by atoms with Gasteiger partial charge in [0.1, 0.15) is 4.34 Å². The summed E-state index contributed by atoms with van der Waals surface area (Å²) in [6.45, 7) is 1.96. The van der Waals surface area contributed by atoms with Crippen molar-refractivity contribution in [1.82, 2.24) is 4.98 Å². The second-order valence-electron chi connectivity index (χ2n) is 3.48. The van der Waals surface area contributed by atoms with E-state index in [1.807, 2.05) is 6.92 Å². The molecule has 5 heteroatoms. The molecule has 0 radical (unpaired) electrons. The Hall–Kier alpha value is -0.610. The van der Waals surface area contributed by atoms with E-state index in [9.17, 15) is 4.79 Å². The molecule has 3 nitrogen and oxygen atoms in total. The standard InChI is InChI=1S/C8H9ClN2OS/c1-8(2-3-8)6(12)11-7-10-4-5(9)13-7/h4H,2-3H2,1H3,(H,10,11,12). The first-order valence-corrected chi connectivity index (χ1v) is 5.22. The van der Waals surface area contributed by atoms with E-state index in [0.717, 1.165) is 12.8 Å². The Kier molecular flexibility index (Phi) is 2.04. The van der Waals surface area contributed by atoms with Crippen molar-refractivity contribution in [2.24, 2.45) is 5.41 Å². The van der Waals surface area contributed by atoms with Crippen LogP contribution in [0, 0.1) is 5.41 Å². The number of thiazole rings is 1. The third-order valence-corrected chi connectivity index (χ3v) is 3.28. The second kappa shape index (κ2) is 2.96. The molecule has 1 amide bonds. The fraction of sp³-hybridized carbons (Fsp3) is 0.500. The van der Waals surface area contributed by atoms with Gasteiger partial charge in [0.05, 0.1) is 6.20 Å². The van der Waals surface area contributed by atoms with Gasteiger partial charge in [0.2, 0.25) is 5.91 Å². The molecule has 1 aromatic rings. The van der Waals surface area contributed by atoms with Crippen molar-refractivity contribution in [1.29, 1.82) is 0 Å². The average Bonchev–Trinajstić information content (AvgIpc) is 2.69. The fourth-order valence-corrected chi connectivity index (χ4v) is 1.78. The van der Waals surface area contributed by atoms with Gasteiger partial charge in [0, 0.05) is 5.41 Å². The van der Waals surface area contributed by atoms with Crippen molar-refractivity contribution in [3.05, 3.63) is 10.5 Å². The van der Waals surface area contributed by atoms with Crippen LogP contribution < -0.4 is 5.32 Å². The van der Waals surface area contributed by atoms with E-state index >= 15 is 0 Å². The first-order chi connectivity index (χ1) is 6.10. The number of hydrogen-bond acceptors (Lipinski definition) is 3. The summed E-state index contributed by atoms with van der Waals surface area (Å²) >= 11 is 6.96. The first kappa shape index (κ1) is 8.97. The number of aromatic nitrogens is 1. The molecule has 0 unspecified atom stereocenters. The summed E-state index contributed by atoms with van der Waals surface area (Å²) in [7, 11) is 0. The van der Waals surface area contributed by atoms with Crippen molar-refractivity contribution in [3.8, 4) is 0 Å². The molecule has 0 aliphatic heterocycles. The smallest absolute Gasteiger partial charge is 0.232 e. The van der Waals surface area contributed by atoms with Crippen LogP contribution in [0.1, 0.15) is 19.8 Å². The van der Waals surface area contributed by atoms with Crippen molar-refractivity contribution in [2.75, 3.05) is 5.32 Å². The van der Waals surface area contributed by atoms with Gasteiger partial charge in [0.25, 0.3) is 0 Å². The summed E-state index contributed by atoms with van der Waals surface area (Å²) in [4.78, 5) is 15.5. The molecule has 1 N–H and O–H groups in total. The van der Waals surface area contributed by atoms with Gasteiger partial charge in [-0.2, -0.15) is 0 Å². The highest BCUT2D eigenvalue weighted by Gasteiger charge is 2.45. The number of carbonyl (C=O) groups is 1. The van der Waals surface area contributed by atoms with Crippen LogP contribution in [-0.4, -0.2) is 10.9 Å². The molecular weight excluding hydrogens is 208 g/mol. The van der Waals surface area contributed by atoms with E-state index in [1.54, 1.807) is 0 Å². The monoisotopic (exact) mass is 216 g/mol. The number of nitrogens with one attached hydrogen (secondary N) is 1. The number of anilines is 1. The van der Waals surface area contributed by atoms with Gasteiger partial charge in [-0.05, 0) is 12.8 Å². The van der Waals surface area contributed by atoms with Gasteiger partial charge >= 0.3 is 0 Å². The Bertz CT molecular complexity index is 346. The highest BCUT2D eigenvalue weighted by atomic mass is 35.5. The van der Waals surface area contributed by atoms with Crippen molar-refractivity contribution < 1.29 is 4.79 Å². The quantitative estimate of drug-likeness (QED) is 0.826. The largest absolute Gasteiger partial charge is 0.301 e. The number of rotatable bonds is 2. The Balaban J connectivity index is 2.02. The SMILES string of the molecule is CC1(C(=O)Nc2ncc(Cl)s2)CC1. The van der Waals surface area contributed by atoms with E-state index in [2.05, 4.69) is 10.3 Å². The third kappa shape index (κ3) is 1.84. The zero-order valence-corrected chi connectivity index (χ0v) is 8.71. The van der Waals surface area contributed by atoms with Crippen molar-refractivity contribution in [3.63, 3.8) is 0 Å². The van der Waals surface area contributed by atoms with Crippen LogP contribution in [0.2, 0.25) is 4.34 Å². The zero-order chi connectivity index (χ0) is 9.47. The highest BCUT2D eigenvalue weighted by molar-refractivity contribution is 7.19. The number of carbonyl (C=O) groups excluding carboxylic acids is 1. The lowest BCUT2D eigenvalue weighted by molar-refractivity contribution is -0.120. The van der Waals surface area contributed by atoms with Gasteiger partial charge in [-0.15, -0.1) is 0 Å². The van der Waals surface area contributed by atoms with Crippen molar-refractivity contribution >= 4 is 34.0 Å². The molecule has 0 bridgehead atoms. The van der Waals surface area contributed by atoms with Gasteiger partial charge in [0.15, 0.2) is 5.13 Å². The fourth-order valence-electron chi connectivity index (χ4n) is 0.975. The maximum atomic E-state index is 11.5. The first-order valence-electron chi connectivity index (χ1n) is 4.03. The maximum Gasteiger partial charge on any atom is 0.232 e. The minimum absolute atomic E-state index is 0.0542. The Morgan fingerprint density at radius 3 is 2.92 bits per heavy atom. The molecule has 1 saturated carbocycles. The Morgan fingerprint density at radius 1 is 1.77 bits per heavy atom. The number of nitrogens with zero attached hydrogens (tertiary/aromatic N) is 1. The van der Waals surface area contributed by atoms with Crippen LogP contribution in [0.5, 0.6) is 0 Å². The van der Waals surface area contributed by atoms with Gasteiger partial charge < -0.3 is 5.32 Å². The molecule has 0 saturated heterocycles. The lowest BCUT2D eigenvalue weighted by Gasteiger charge is -2.05. The summed E-state index contributed by atoms with van der Waals surface area (Å²) < 4.78 is 0.594. The van der Waals surface area contributed by atoms with Crippen LogP contribution in [0.15, 0.2) is 6.20 Å². The molecule has 1 aliphatic carbocycles. The second-order valence-corrected chi connectivity index (χ2v) is 5.15. The Labute approximate surface area is 85.1 Å². The summed E-state index contributed by atoms with van der Waals surface area (Å²) in [5.74, 6) is 0.0542. The molecule has 70 valence electrons. The van der Waals surface area contributed by atoms with E-state index in [1.165, 1.54) is 17.5 Å². The lowest BCUT2D eigenvalue weighted by Crippen LogP contribution is -2.21. The van der Waals surface area contributed by atoms with Gasteiger partial charge in [-0.25, -0.2) is 4.98 Å². The van der Waals surface area contributed by atoms with Crippen LogP contribution in [0.4, 0.5) is 5.13 Å². The van der Waals surface area contributed by atoms with Crippen molar-refractivity contribution in [2.45, 2.75) is 19.8 Å². The molecule has 1 aliphatic rings. The molecule has 2 rings (SSSR count). The molecule has 0 spiro atoms. The van der Waals surface area contributed by atoms with E-state index in [-0.39, 0.29) is 11.3 Å². The van der Waals surface area contributed by atoms with Crippen LogP contribution in [0.25, 0.3) is 0 Å². The number of halogens is 1. The minimum atomic E-state index is -0.155. The normalized spacial score (nSPS) is 18.3. The third-order valence-electron chi connectivity index (χ3n) is 2.25. The minimum Gasteiger partial charge on any atom is -0.301 e. The highest BCUT2D eigenvalue weighted by Crippen LogP contribution is 2.45. The molecule has 0 atom stereocenters. The van der Waals surface area contributed by atoms with Crippen LogP contribution in [-0.2, 0) is 4.79 Å². The molecule has 0 aromatic carbocycles. The van der Waals surface area contributed by atoms with Gasteiger partial charge in [-0.3, -0.25) is 4.79 Å². The van der Waals surface area contributed by atoms with Crippen LogP contribution in [0.3, 0.4) is 0 Å². The average molecular weight is 217 g/mol. The van der Waals surface area contributed by atoms with E-state index in [0.29, 0.717) is 9.47 Å². The number of hydrogen-bond donors (Lipinski definition) is 1. The van der Waals surface area contributed by atoms with E-state index < -0.39 is 0 Å². The summed E-state index contributed by atoms with van der Waals surface area (Å²) in [5, 5.41) is 3.34. The van der Waals surface area contributed by atoms with Crippen LogP contribution >= 0.6 is 22.9 Å². The molecule has 13 heavy (non-hydrogen) atoms. The lowest BCUT2D eigenvalue weighted by atomic mass is 10.1. The molecular formula is C8H9ClN2OS. The summed E-state index contributed by atoms with van der Waals surface area (Å²) in [5.41, 5.74) is -0.155. The molecule has 1 fully saturated rings. The maximum absolute atomic E-state index is 11.5. The Morgan fingerprint density at radius 2 is 2.46 bits per heavy atom. The predicted octanol–water partition coefficient (Wildman–Crippen LogP) is 2.54. The predicted molar refractivity (Wildman–Crippen MR) is 53.1 cm³/mol. The molecule has 1 heterocycles.